The minimum Gasteiger partial charge on any atom is -0.361 e. The fourth-order valence-electron chi connectivity index (χ4n) is 5.67. The first-order chi connectivity index (χ1) is 20.4. The highest BCUT2D eigenvalue weighted by Gasteiger charge is 2.25. The summed E-state index contributed by atoms with van der Waals surface area (Å²) in [4.78, 5) is 38.9. The SMILES string of the molecule is C[C@H](Nc1ncnc2[nH]ccc(=O)c12)c1c(Cl)c2cccc(-c3cccc4c3cnn4C)c2c(=O)n1-c1ccccc1. The van der Waals surface area contributed by atoms with Crippen LogP contribution in [0.4, 0.5) is 5.82 Å². The molecule has 4 aromatic heterocycles. The second-order valence-corrected chi connectivity index (χ2v) is 10.4. The molecule has 7 rings (SSSR count). The molecule has 42 heavy (non-hydrogen) atoms. The Hall–Kier alpha value is -5.28. The van der Waals surface area contributed by atoms with E-state index in [4.69, 9.17) is 11.6 Å². The molecule has 0 saturated carbocycles. The third-order valence-corrected chi connectivity index (χ3v) is 7.99. The molecule has 206 valence electrons. The molecule has 0 aliphatic rings. The van der Waals surface area contributed by atoms with E-state index in [1.54, 1.807) is 10.8 Å². The normalized spacial score (nSPS) is 12.3. The van der Waals surface area contributed by atoms with E-state index >= 15 is 0 Å². The number of hydrogen-bond donors (Lipinski definition) is 2. The van der Waals surface area contributed by atoms with Gasteiger partial charge >= 0.3 is 0 Å². The van der Waals surface area contributed by atoms with Gasteiger partial charge in [0.25, 0.3) is 5.56 Å². The van der Waals surface area contributed by atoms with E-state index in [1.165, 1.54) is 12.4 Å². The Morgan fingerprint density at radius 2 is 1.67 bits per heavy atom. The second kappa shape index (κ2) is 9.97. The number of para-hydroxylation sites is 1. The predicted molar refractivity (Wildman–Crippen MR) is 166 cm³/mol. The topological polar surface area (TPSA) is 110 Å². The highest BCUT2D eigenvalue weighted by molar-refractivity contribution is 6.36. The number of pyridine rings is 2. The van der Waals surface area contributed by atoms with Crippen LogP contribution in [0.25, 0.3) is 49.5 Å². The van der Waals surface area contributed by atoms with Gasteiger partial charge in [-0.1, -0.05) is 60.1 Å². The van der Waals surface area contributed by atoms with E-state index in [0.29, 0.717) is 44.0 Å². The minimum absolute atomic E-state index is 0.217. The first kappa shape index (κ1) is 25.7. The van der Waals surface area contributed by atoms with Gasteiger partial charge in [0, 0.05) is 35.8 Å². The van der Waals surface area contributed by atoms with E-state index in [0.717, 1.165) is 22.0 Å². The average Bonchev–Trinajstić information content (AvgIpc) is 3.39. The van der Waals surface area contributed by atoms with Crippen molar-refractivity contribution in [3.8, 4) is 16.8 Å². The summed E-state index contributed by atoms with van der Waals surface area (Å²) in [7, 11) is 1.89. The van der Waals surface area contributed by atoms with Gasteiger partial charge in [0.1, 0.15) is 23.2 Å². The van der Waals surface area contributed by atoms with Gasteiger partial charge in [-0.25, -0.2) is 9.97 Å². The van der Waals surface area contributed by atoms with Crippen molar-refractivity contribution in [3.05, 3.63) is 123 Å². The molecule has 1 atom stereocenters. The van der Waals surface area contributed by atoms with Crippen LogP contribution in [-0.4, -0.2) is 29.3 Å². The lowest BCUT2D eigenvalue weighted by atomic mass is 9.95. The molecule has 0 aliphatic heterocycles. The van der Waals surface area contributed by atoms with Crippen LogP contribution in [-0.2, 0) is 7.05 Å². The molecule has 0 spiro atoms. The quantitative estimate of drug-likeness (QED) is 0.261. The molecule has 0 amide bonds. The maximum absolute atomic E-state index is 14.6. The van der Waals surface area contributed by atoms with Crippen LogP contribution in [0.15, 0.2) is 101 Å². The Bertz CT molecular complexity index is 2270. The van der Waals surface area contributed by atoms with Gasteiger partial charge in [0.2, 0.25) is 0 Å². The summed E-state index contributed by atoms with van der Waals surface area (Å²) in [6, 6.07) is 22.0. The highest BCUT2D eigenvalue weighted by Crippen LogP contribution is 2.38. The zero-order chi connectivity index (χ0) is 29.0. The van der Waals surface area contributed by atoms with Crippen molar-refractivity contribution >= 4 is 50.1 Å². The van der Waals surface area contributed by atoms with Crippen molar-refractivity contribution in [1.29, 1.82) is 0 Å². The van der Waals surface area contributed by atoms with Crippen LogP contribution in [0.5, 0.6) is 0 Å². The number of halogens is 1. The number of nitrogens with zero attached hydrogens (tertiary/aromatic N) is 5. The summed E-state index contributed by atoms with van der Waals surface area (Å²) in [5.41, 5.74) is 3.79. The molecule has 9 nitrogen and oxygen atoms in total. The van der Waals surface area contributed by atoms with Crippen LogP contribution in [0.3, 0.4) is 0 Å². The van der Waals surface area contributed by atoms with E-state index in [2.05, 4.69) is 25.4 Å². The predicted octanol–water partition coefficient (Wildman–Crippen LogP) is 6.00. The Kier molecular flexibility index (Phi) is 6.09. The molecule has 2 N–H and O–H groups in total. The number of fused-ring (bicyclic) bond motifs is 3. The number of nitrogens with one attached hydrogen (secondary N) is 2. The molecule has 0 unspecified atom stereocenters. The molecule has 0 saturated heterocycles. The number of rotatable bonds is 5. The van der Waals surface area contributed by atoms with Gasteiger partial charge in [-0.05, 0) is 36.2 Å². The lowest BCUT2D eigenvalue weighted by Crippen LogP contribution is -2.27. The highest BCUT2D eigenvalue weighted by atomic mass is 35.5. The molecule has 10 heteroatoms. The third kappa shape index (κ3) is 3.97. The number of hydrogen-bond acceptors (Lipinski definition) is 6. The van der Waals surface area contributed by atoms with Crippen molar-refractivity contribution < 1.29 is 0 Å². The summed E-state index contributed by atoms with van der Waals surface area (Å²) in [5, 5.41) is 10.6. The second-order valence-electron chi connectivity index (χ2n) is 10.1. The largest absolute Gasteiger partial charge is 0.361 e. The molecule has 3 aromatic carbocycles. The van der Waals surface area contributed by atoms with Crippen molar-refractivity contribution in [2.75, 3.05) is 5.32 Å². The lowest BCUT2D eigenvalue weighted by Gasteiger charge is -2.24. The zero-order valence-electron chi connectivity index (χ0n) is 22.7. The molecular formula is C32H24ClN7O2. The smallest absolute Gasteiger partial charge is 0.263 e. The van der Waals surface area contributed by atoms with Gasteiger partial charge < -0.3 is 10.3 Å². The summed E-state index contributed by atoms with van der Waals surface area (Å²) in [6.07, 6.45) is 4.74. The van der Waals surface area contributed by atoms with Crippen molar-refractivity contribution in [1.82, 2.24) is 29.3 Å². The molecule has 0 aliphatic carbocycles. The number of aromatic amines is 1. The van der Waals surface area contributed by atoms with Crippen LogP contribution in [0.2, 0.25) is 5.02 Å². The number of aromatic nitrogens is 6. The van der Waals surface area contributed by atoms with Crippen LogP contribution < -0.4 is 16.3 Å². The molecular weight excluding hydrogens is 550 g/mol. The Morgan fingerprint density at radius 3 is 2.50 bits per heavy atom. The third-order valence-electron chi connectivity index (χ3n) is 7.59. The average molecular weight is 574 g/mol. The monoisotopic (exact) mass is 573 g/mol. The van der Waals surface area contributed by atoms with Gasteiger partial charge in [-0.3, -0.25) is 18.8 Å². The van der Waals surface area contributed by atoms with Crippen LogP contribution in [0.1, 0.15) is 18.7 Å². The van der Waals surface area contributed by atoms with Crippen LogP contribution in [0, 0.1) is 0 Å². The van der Waals surface area contributed by atoms with Crippen molar-refractivity contribution in [2.45, 2.75) is 13.0 Å². The van der Waals surface area contributed by atoms with Crippen molar-refractivity contribution in [2.24, 2.45) is 7.05 Å². The minimum atomic E-state index is -0.530. The maximum atomic E-state index is 14.6. The fraction of sp³-hybridized carbons (Fsp3) is 0.0938. The Labute approximate surface area is 244 Å². The number of benzene rings is 3. The summed E-state index contributed by atoms with van der Waals surface area (Å²) < 4.78 is 3.45. The summed E-state index contributed by atoms with van der Waals surface area (Å²) >= 11 is 7.24. The number of aryl methyl sites for hydroxylation is 1. The van der Waals surface area contributed by atoms with Crippen molar-refractivity contribution in [3.63, 3.8) is 0 Å². The number of H-pyrrole nitrogens is 1. The van der Waals surface area contributed by atoms with E-state index in [9.17, 15) is 9.59 Å². The van der Waals surface area contributed by atoms with E-state index in [1.807, 2.05) is 91.6 Å². The zero-order valence-corrected chi connectivity index (χ0v) is 23.4. The van der Waals surface area contributed by atoms with E-state index < -0.39 is 6.04 Å². The molecule has 0 fully saturated rings. The summed E-state index contributed by atoms with van der Waals surface area (Å²) in [5.74, 6) is 0.342. The van der Waals surface area contributed by atoms with Gasteiger partial charge in [-0.2, -0.15) is 5.10 Å². The molecule has 0 bridgehead atoms. The molecule has 0 radical (unpaired) electrons. The lowest BCUT2D eigenvalue weighted by molar-refractivity contribution is 0.774. The van der Waals surface area contributed by atoms with E-state index in [-0.39, 0.29) is 11.0 Å². The Morgan fingerprint density at radius 1 is 0.881 bits per heavy atom. The van der Waals surface area contributed by atoms with Crippen LogP contribution >= 0.6 is 11.6 Å². The molecule has 4 heterocycles. The van der Waals surface area contributed by atoms with Gasteiger partial charge in [0.05, 0.1) is 33.9 Å². The first-order valence-electron chi connectivity index (χ1n) is 13.4. The van der Waals surface area contributed by atoms with Gasteiger partial charge in [-0.15, -0.1) is 0 Å². The summed E-state index contributed by atoms with van der Waals surface area (Å²) in [6.45, 7) is 1.89. The number of anilines is 1. The fourth-order valence-corrected chi connectivity index (χ4v) is 6.07. The standard InChI is InChI=1S/C32H24ClN7O2/c1-18(38-31-27-25(41)14-15-34-30(27)35-17-36-31)29-28(33)22-12-6-11-21(20-10-7-13-24-23(20)16-37-39(24)2)26(22)32(42)40(29)19-8-4-3-5-9-19/h3-18H,1-2H3,(H2,34,35,36,38,41)/t18-/m0/s1. The first-order valence-corrected chi connectivity index (χ1v) is 13.7. The maximum Gasteiger partial charge on any atom is 0.263 e. The molecule has 7 aromatic rings. The Balaban J connectivity index is 1.51. The van der Waals surface area contributed by atoms with Gasteiger partial charge in [0.15, 0.2) is 5.43 Å².